The van der Waals surface area contributed by atoms with Gasteiger partial charge in [-0.05, 0) is 36.2 Å². The van der Waals surface area contributed by atoms with Gasteiger partial charge in [-0.3, -0.25) is 9.10 Å². The van der Waals surface area contributed by atoms with Crippen molar-refractivity contribution in [2.45, 2.75) is 19.4 Å². The fourth-order valence-corrected chi connectivity index (χ4v) is 3.60. The first-order valence-corrected chi connectivity index (χ1v) is 10.3. The number of nitrogens with zero attached hydrogens (tertiary/aromatic N) is 1. The molecule has 0 aliphatic rings. The third-order valence-corrected chi connectivity index (χ3v) is 4.99. The van der Waals surface area contributed by atoms with Crippen LogP contribution in [-0.4, -0.2) is 34.2 Å². The molecule has 0 unspecified atom stereocenters. The second kappa shape index (κ2) is 9.48. The molecular formula is C19H23FN2O4S. The van der Waals surface area contributed by atoms with Crippen LogP contribution >= 0.6 is 0 Å². The Balaban J connectivity index is 1.96. The monoisotopic (exact) mass is 394 g/mol. The third kappa shape index (κ3) is 6.33. The highest BCUT2D eigenvalue weighted by Gasteiger charge is 2.20. The van der Waals surface area contributed by atoms with Gasteiger partial charge in [0, 0.05) is 25.8 Å². The van der Waals surface area contributed by atoms with Crippen molar-refractivity contribution in [1.29, 1.82) is 0 Å². The maximum absolute atomic E-state index is 13.9. The zero-order valence-electron chi connectivity index (χ0n) is 15.3. The number of sulfonamides is 1. The molecule has 0 saturated heterocycles. The normalized spacial score (nSPS) is 11.2. The molecule has 0 aliphatic carbocycles. The molecule has 0 fully saturated rings. The fraction of sp³-hybridized carbons (Fsp3) is 0.316. The van der Waals surface area contributed by atoms with Crippen LogP contribution in [0, 0.1) is 5.82 Å². The summed E-state index contributed by atoms with van der Waals surface area (Å²) in [5, 5.41) is 2.77. The smallest absolute Gasteiger partial charge is 0.232 e. The van der Waals surface area contributed by atoms with Crippen LogP contribution in [0.5, 0.6) is 0 Å². The number of para-hydroxylation sites is 1. The Labute approximate surface area is 159 Å². The summed E-state index contributed by atoms with van der Waals surface area (Å²) < 4.78 is 44.0. The minimum Gasteiger partial charge on any atom is -0.380 e. The van der Waals surface area contributed by atoms with Gasteiger partial charge in [0.25, 0.3) is 0 Å². The number of nitrogens with one attached hydrogen (secondary N) is 1. The average Bonchev–Trinajstić information content (AvgIpc) is 2.59. The van der Waals surface area contributed by atoms with Crippen molar-refractivity contribution in [2.24, 2.45) is 0 Å². The SMILES string of the molecule is COCc1cccc(NC(=O)CCCN(c2ccccc2F)S(C)(=O)=O)c1. The summed E-state index contributed by atoms with van der Waals surface area (Å²) in [6.07, 6.45) is 1.38. The van der Waals surface area contributed by atoms with Crippen molar-refractivity contribution >= 4 is 27.3 Å². The van der Waals surface area contributed by atoms with E-state index in [0.29, 0.717) is 12.3 Å². The van der Waals surface area contributed by atoms with Crippen LogP contribution < -0.4 is 9.62 Å². The van der Waals surface area contributed by atoms with Gasteiger partial charge in [0.05, 0.1) is 18.6 Å². The maximum Gasteiger partial charge on any atom is 0.232 e. The fourth-order valence-electron chi connectivity index (χ4n) is 2.63. The van der Waals surface area contributed by atoms with Gasteiger partial charge in [-0.15, -0.1) is 0 Å². The molecule has 0 atom stereocenters. The topological polar surface area (TPSA) is 75.7 Å². The molecule has 0 aromatic heterocycles. The summed E-state index contributed by atoms with van der Waals surface area (Å²) >= 11 is 0. The summed E-state index contributed by atoms with van der Waals surface area (Å²) in [5.41, 5.74) is 1.55. The summed E-state index contributed by atoms with van der Waals surface area (Å²) in [4.78, 5) is 12.1. The van der Waals surface area contributed by atoms with Gasteiger partial charge in [-0.1, -0.05) is 24.3 Å². The van der Waals surface area contributed by atoms with Crippen molar-refractivity contribution in [1.82, 2.24) is 0 Å². The summed E-state index contributed by atoms with van der Waals surface area (Å²) in [6.45, 7) is 0.451. The van der Waals surface area contributed by atoms with Gasteiger partial charge in [0.1, 0.15) is 5.82 Å². The number of benzene rings is 2. The molecule has 146 valence electrons. The Morgan fingerprint density at radius 3 is 2.59 bits per heavy atom. The van der Waals surface area contributed by atoms with E-state index in [-0.39, 0.29) is 31.0 Å². The van der Waals surface area contributed by atoms with Gasteiger partial charge in [0.2, 0.25) is 15.9 Å². The Hall–Kier alpha value is -2.45. The van der Waals surface area contributed by atoms with E-state index in [9.17, 15) is 17.6 Å². The first-order chi connectivity index (χ1) is 12.8. The number of methoxy groups -OCH3 is 1. The van der Waals surface area contributed by atoms with E-state index < -0.39 is 15.8 Å². The molecule has 0 spiro atoms. The standard InChI is InChI=1S/C19H23FN2O4S/c1-26-14-15-7-5-8-16(13-15)21-19(23)11-6-12-22(27(2,24)25)18-10-4-3-9-17(18)20/h3-5,7-10,13H,6,11-12,14H2,1-2H3,(H,21,23). The molecule has 0 saturated carbocycles. The molecule has 2 aromatic rings. The van der Waals surface area contributed by atoms with E-state index >= 15 is 0 Å². The Morgan fingerprint density at radius 2 is 1.93 bits per heavy atom. The molecule has 1 amide bonds. The second-order valence-corrected chi connectivity index (χ2v) is 7.98. The van der Waals surface area contributed by atoms with Crippen molar-refractivity contribution in [3.05, 3.63) is 59.9 Å². The quantitative estimate of drug-likeness (QED) is 0.709. The van der Waals surface area contributed by atoms with Gasteiger partial charge in [-0.25, -0.2) is 12.8 Å². The van der Waals surface area contributed by atoms with Gasteiger partial charge < -0.3 is 10.1 Å². The molecule has 0 heterocycles. The molecule has 27 heavy (non-hydrogen) atoms. The number of ether oxygens (including phenoxy) is 1. The summed E-state index contributed by atoms with van der Waals surface area (Å²) in [7, 11) is -2.07. The largest absolute Gasteiger partial charge is 0.380 e. The Morgan fingerprint density at radius 1 is 1.19 bits per heavy atom. The zero-order valence-corrected chi connectivity index (χ0v) is 16.1. The zero-order chi connectivity index (χ0) is 19.9. The predicted molar refractivity (Wildman–Crippen MR) is 104 cm³/mol. The molecule has 1 N–H and O–H groups in total. The molecule has 2 rings (SSSR count). The molecule has 6 nitrogen and oxygen atoms in total. The number of hydrogen-bond acceptors (Lipinski definition) is 4. The number of rotatable bonds is 9. The van der Waals surface area contributed by atoms with Crippen LogP contribution in [0.4, 0.5) is 15.8 Å². The van der Waals surface area contributed by atoms with Crippen molar-refractivity contribution < 1.29 is 22.3 Å². The lowest BCUT2D eigenvalue weighted by atomic mass is 10.2. The maximum atomic E-state index is 13.9. The van der Waals surface area contributed by atoms with Gasteiger partial charge in [-0.2, -0.15) is 0 Å². The highest BCUT2D eigenvalue weighted by molar-refractivity contribution is 7.92. The van der Waals surface area contributed by atoms with Crippen LogP contribution in [-0.2, 0) is 26.2 Å². The van der Waals surface area contributed by atoms with Crippen molar-refractivity contribution in [3.8, 4) is 0 Å². The van der Waals surface area contributed by atoms with E-state index in [1.165, 1.54) is 18.2 Å². The highest BCUT2D eigenvalue weighted by atomic mass is 32.2. The second-order valence-electron chi connectivity index (χ2n) is 6.07. The minimum absolute atomic E-state index is 0.0108. The van der Waals surface area contributed by atoms with E-state index in [1.54, 1.807) is 19.2 Å². The number of hydrogen-bond donors (Lipinski definition) is 1. The predicted octanol–water partition coefficient (Wildman–Crippen LogP) is 3.16. The van der Waals surface area contributed by atoms with Gasteiger partial charge >= 0.3 is 0 Å². The number of halogens is 1. The number of carbonyl (C=O) groups excluding carboxylic acids is 1. The number of amides is 1. The first kappa shape index (κ1) is 20.9. The Bertz CT molecular complexity index is 887. The van der Waals surface area contributed by atoms with Crippen molar-refractivity contribution in [3.63, 3.8) is 0 Å². The molecular weight excluding hydrogens is 371 g/mol. The van der Waals surface area contributed by atoms with Crippen LogP contribution in [0.15, 0.2) is 48.5 Å². The highest BCUT2D eigenvalue weighted by Crippen LogP contribution is 2.22. The lowest BCUT2D eigenvalue weighted by Gasteiger charge is -2.22. The number of anilines is 2. The lowest BCUT2D eigenvalue weighted by Crippen LogP contribution is -2.32. The third-order valence-electron chi connectivity index (χ3n) is 3.81. The summed E-state index contributed by atoms with van der Waals surface area (Å²) in [6, 6.07) is 12.9. The van der Waals surface area contributed by atoms with Crippen molar-refractivity contribution in [2.75, 3.05) is 29.5 Å². The molecule has 0 aliphatic heterocycles. The molecule has 0 radical (unpaired) electrons. The molecule has 0 bridgehead atoms. The first-order valence-electron chi connectivity index (χ1n) is 8.41. The van der Waals surface area contributed by atoms with Crippen LogP contribution in [0.2, 0.25) is 0 Å². The van der Waals surface area contributed by atoms with E-state index in [0.717, 1.165) is 16.1 Å². The Kier molecular flexibility index (Phi) is 7.32. The minimum atomic E-state index is -3.66. The van der Waals surface area contributed by atoms with E-state index in [4.69, 9.17) is 4.74 Å². The van der Waals surface area contributed by atoms with E-state index in [2.05, 4.69) is 5.32 Å². The average molecular weight is 394 g/mol. The van der Waals surface area contributed by atoms with Crippen LogP contribution in [0.3, 0.4) is 0 Å². The van der Waals surface area contributed by atoms with Crippen LogP contribution in [0.1, 0.15) is 18.4 Å². The van der Waals surface area contributed by atoms with E-state index in [1.807, 2.05) is 18.2 Å². The van der Waals surface area contributed by atoms with Gasteiger partial charge in [0.15, 0.2) is 0 Å². The summed E-state index contributed by atoms with van der Waals surface area (Å²) in [5.74, 6) is -0.867. The van der Waals surface area contributed by atoms with Crippen LogP contribution in [0.25, 0.3) is 0 Å². The number of carbonyl (C=O) groups is 1. The molecule has 8 heteroatoms. The lowest BCUT2D eigenvalue weighted by molar-refractivity contribution is -0.116. The molecule has 2 aromatic carbocycles.